The number of benzene rings is 1. The van der Waals surface area contributed by atoms with Gasteiger partial charge in [0.15, 0.2) is 0 Å². The van der Waals surface area contributed by atoms with E-state index in [-0.39, 0.29) is 27.6 Å². The fourth-order valence-corrected chi connectivity index (χ4v) is 4.56. The number of carbonyl (C=O) groups excluding carboxylic acids is 2. The highest BCUT2D eigenvalue weighted by atomic mass is 32.1. The normalized spacial score (nSPS) is 10.6. The van der Waals surface area contributed by atoms with Crippen molar-refractivity contribution in [1.29, 1.82) is 10.7 Å². The molecule has 0 unspecified atom stereocenters. The zero-order valence-electron chi connectivity index (χ0n) is 18.7. The number of carbonyl (C=O) groups is 2. The Hall–Kier alpha value is -3.64. The smallest absolute Gasteiger partial charge is 0.263 e. The maximum atomic E-state index is 12.9. The van der Waals surface area contributed by atoms with Crippen molar-refractivity contribution in [3.05, 3.63) is 51.4 Å². The van der Waals surface area contributed by atoms with Crippen LogP contribution in [0.4, 0.5) is 10.7 Å². The highest BCUT2D eigenvalue weighted by Crippen LogP contribution is 2.33. The van der Waals surface area contributed by atoms with Crippen molar-refractivity contribution in [2.45, 2.75) is 20.8 Å². The molecule has 166 valence electrons. The molecule has 0 saturated carbocycles. The molecule has 0 bridgehead atoms. The number of thiophene rings is 1. The van der Waals surface area contributed by atoms with Gasteiger partial charge in [0.1, 0.15) is 22.2 Å². The largest absolute Gasteiger partial charge is 0.438 e. The maximum absolute atomic E-state index is 12.9. The molecule has 9 heteroatoms. The van der Waals surface area contributed by atoms with Crippen LogP contribution in [-0.4, -0.2) is 43.9 Å². The van der Waals surface area contributed by atoms with Crippen molar-refractivity contribution in [1.82, 2.24) is 4.90 Å². The van der Waals surface area contributed by atoms with Crippen molar-refractivity contribution >= 4 is 44.8 Å². The minimum Gasteiger partial charge on any atom is -0.438 e. The Morgan fingerprint density at radius 1 is 1.22 bits per heavy atom. The molecule has 0 spiro atoms. The fourth-order valence-electron chi connectivity index (χ4n) is 3.38. The minimum absolute atomic E-state index is 0.0449. The first kappa shape index (κ1) is 23.0. The fraction of sp³-hybridized carbons (Fsp3) is 0.304. The molecule has 0 aliphatic carbocycles. The van der Waals surface area contributed by atoms with Crippen LogP contribution in [0.15, 0.2) is 28.7 Å². The van der Waals surface area contributed by atoms with E-state index in [1.807, 2.05) is 18.2 Å². The Bertz CT molecular complexity index is 1300. The Kier molecular flexibility index (Phi) is 6.65. The van der Waals surface area contributed by atoms with Crippen LogP contribution in [0.25, 0.3) is 11.0 Å². The highest BCUT2D eigenvalue weighted by molar-refractivity contribution is 7.18. The van der Waals surface area contributed by atoms with Gasteiger partial charge in [0.25, 0.3) is 11.8 Å². The van der Waals surface area contributed by atoms with Crippen LogP contribution >= 0.6 is 11.3 Å². The summed E-state index contributed by atoms with van der Waals surface area (Å²) in [6.07, 6.45) is 0. The predicted molar refractivity (Wildman–Crippen MR) is 125 cm³/mol. The topological polar surface area (TPSA) is 113 Å². The van der Waals surface area contributed by atoms with E-state index in [9.17, 15) is 14.9 Å². The molecular formula is C23H25N5O3S. The second-order valence-corrected chi connectivity index (χ2v) is 8.43. The van der Waals surface area contributed by atoms with Gasteiger partial charge in [-0.3, -0.25) is 15.0 Å². The molecule has 2 amide bonds. The summed E-state index contributed by atoms with van der Waals surface area (Å²) in [5, 5.41) is 21.4. The highest BCUT2D eigenvalue weighted by Gasteiger charge is 2.23. The number of fused-ring (bicyclic) bond motifs is 1. The van der Waals surface area contributed by atoms with Crippen LogP contribution in [0.3, 0.4) is 0 Å². The standard InChI is InChI=1S/C23H25N5O3S/c1-6-28(7-2)15-9-8-14-10-16(20(25)31-18(14)11-15)21(29)26-22-17(12-24)13(3)19(32-22)23(30)27(4)5/h8-11,25H,6-7H2,1-5H3,(H,26,29). The second-order valence-electron chi connectivity index (χ2n) is 7.41. The van der Waals surface area contributed by atoms with Crippen LogP contribution in [0.5, 0.6) is 0 Å². The van der Waals surface area contributed by atoms with Crippen LogP contribution < -0.4 is 15.8 Å². The molecule has 0 saturated heterocycles. The molecule has 0 fully saturated rings. The number of rotatable bonds is 6. The van der Waals surface area contributed by atoms with E-state index >= 15 is 0 Å². The molecule has 0 radical (unpaired) electrons. The SMILES string of the molecule is CCN(CC)c1ccc2cc(C(=O)Nc3sc(C(=O)N(C)C)c(C)c3C#N)c(=N)oc2c1. The number of nitrogens with zero attached hydrogens (tertiary/aromatic N) is 3. The number of amides is 2. The zero-order valence-corrected chi connectivity index (χ0v) is 19.5. The number of nitrogens with one attached hydrogen (secondary N) is 2. The molecule has 3 aromatic rings. The quantitative estimate of drug-likeness (QED) is 0.589. The van der Waals surface area contributed by atoms with Gasteiger partial charge in [-0.15, -0.1) is 11.3 Å². The van der Waals surface area contributed by atoms with Gasteiger partial charge >= 0.3 is 0 Å². The van der Waals surface area contributed by atoms with Gasteiger partial charge in [-0.25, -0.2) is 0 Å². The third kappa shape index (κ3) is 4.22. The molecule has 2 aromatic heterocycles. The van der Waals surface area contributed by atoms with E-state index < -0.39 is 5.91 Å². The average molecular weight is 452 g/mol. The lowest BCUT2D eigenvalue weighted by atomic mass is 10.1. The van der Waals surface area contributed by atoms with E-state index in [0.29, 0.717) is 21.4 Å². The predicted octanol–water partition coefficient (Wildman–Crippen LogP) is 3.95. The first-order valence-corrected chi connectivity index (χ1v) is 11.0. The van der Waals surface area contributed by atoms with Crippen LogP contribution in [0.1, 0.15) is 45.0 Å². The second kappa shape index (κ2) is 9.24. The minimum atomic E-state index is -0.574. The third-order valence-corrected chi connectivity index (χ3v) is 6.41. The lowest BCUT2D eigenvalue weighted by molar-refractivity contribution is 0.0831. The molecule has 1 aromatic carbocycles. The van der Waals surface area contributed by atoms with Crippen LogP contribution in [0.2, 0.25) is 0 Å². The number of anilines is 2. The van der Waals surface area contributed by atoms with Crippen molar-refractivity contribution in [3.8, 4) is 6.07 Å². The Morgan fingerprint density at radius 2 is 1.91 bits per heavy atom. The van der Waals surface area contributed by atoms with Gasteiger partial charge in [-0.1, -0.05) is 0 Å². The summed E-state index contributed by atoms with van der Waals surface area (Å²) in [4.78, 5) is 29.3. The van der Waals surface area contributed by atoms with E-state index in [2.05, 4.69) is 30.1 Å². The molecule has 2 N–H and O–H groups in total. The average Bonchev–Trinajstić information content (AvgIpc) is 3.07. The first-order chi connectivity index (χ1) is 15.2. The summed E-state index contributed by atoms with van der Waals surface area (Å²) in [6.45, 7) is 7.49. The van der Waals surface area contributed by atoms with Gasteiger partial charge < -0.3 is 19.5 Å². The van der Waals surface area contributed by atoms with E-state index in [0.717, 1.165) is 30.1 Å². The summed E-state index contributed by atoms with van der Waals surface area (Å²) in [5.74, 6) is -0.814. The Morgan fingerprint density at radius 3 is 2.50 bits per heavy atom. The van der Waals surface area contributed by atoms with Crippen LogP contribution in [0, 0.1) is 23.7 Å². The summed E-state index contributed by atoms with van der Waals surface area (Å²) in [6, 6.07) is 9.32. The number of hydrogen-bond acceptors (Lipinski definition) is 7. The molecule has 0 aliphatic rings. The molecular weight excluding hydrogens is 426 g/mol. The lowest BCUT2D eigenvalue weighted by Crippen LogP contribution is -2.22. The van der Waals surface area contributed by atoms with Gasteiger partial charge in [-0.2, -0.15) is 5.26 Å². The third-order valence-electron chi connectivity index (χ3n) is 5.21. The van der Waals surface area contributed by atoms with E-state index in [1.54, 1.807) is 27.1 Å². The summed E-state index contributed by atoms with van der Waals surface area (Å²) < 4.78 is 5.64. The number of hydrogen-bond donors (Lipinski definition) is 2. The monoisotopic (exact) mass is 451 g/mol. The molecule has 0 aliphatic heterocycles. The molecule has 8 nitrogen and oxygen atoms in total. The van der Waals surface area contributed by atoms with Crippen molar-refractivity contribution in [2.75, 3.05) is 37.4 Å². The van der Waals surface area contributed by atoms with Crippen molar-refractivity contribution in [3.63, 3.8) is 0 Å². The first-order valence-electron chi connectivity index (χ1n) is 10.2. The summed E-state index contributed by atoms with van der Waals surface area (Å²) in [7, 11) is 3.25. The van der Waals surface area contributed by atoms with E-state index in [1.165, 1.54) is 4.90 Å². The van der Waals surface area contributed by atoms with Gasteiger partial charge in [0.05, 0.1) is 10.4 Å². The molecule has 32 heavy (non-hydrogen) atoms. The number of nitriles is 1. The zero-order chi connectivity index (χ0) is 23.6. The molecule has 0 atom stereocenters. The summed E-state index contributed by atoms with van der Waals surface area (Å²) in [5.41, 5.74) is 2.02. The molecule has 2 heterocycles. The summed E-state index contributed by atoms with van der Waals surface area (Å²) >= 11 is 1.05. The van der Waals surface area contributed by atoms with Crippen molar-refractivity contribution in [2.24, 2.45) is 0 Å². The van der Waals surface area contributed by atoms with Gasteiger partial charge in [-0.05, 0) is 44.5 Å². The maximum Gasteiger partial charge on any atom is 0.263 e. The Balaban J connectivity index is 1.97. The van der Waals surface area contributed by atoms with Gasteiger partial charge in [0, 0.05) is 44.3 Å². The van der Waals surface area contributed by atoms with Crippen LogP contribution in [-0.2, 0) is 0 Å². The molecule has 3 rings (SSSR count). The Labute approximate surface area is 190 Å². The lowest BCUT2D eigenvalue weighted by Gasteiger charge is -2.21. The van der Waals surface area contributed by atoms with Gasteiger partial charge in [0.2, 0.25) is 5.55 Å². The van der Waals surface area contributed by atoms with Crippen molar-refractivity contribution < 1.29 is 14.0 Å². The van der Waals surface area contributed by atoms with E-state index in [4.69, 9.17) is 9.83 Å².